The number of aromatic nitrogens is 4. The Bertz CT molecular complexity index is 913. The van der Waals surface area contributed by atoms with Crippen LogP contribution in [0.5, 0.6) is 11.5 Å². The van der Waals surface area contributed by atoms with Crippen molar-refractivity contribution in [3.8, 4) is 11.5 Å². The summed E-state index contributed by atoms with van der Waals surface area (Å²) in [6.07, 6.45) is 2.99. The highest BCUT2D eigenvalue weighted by Gasteiger charge is 2.19. The van der Waals surface area contributed by atoms with Gasteiger partial charge in [-0.15, -0.1) is 0 Å². The van der Waals surface area contributed by atoms with Crippen molar-refractivity contribution in [1.29, 1.82) is 0 Å². The monoisotopic (exact) mass is 343 g/mol. The second-order valence-corrected chi connectivity index (χ2v) is 6.43. The van der Waals surface area contributed by atoms with E-state index < -0.39 is 0 Å². The van der Waals surface area contributed by atoms with E-state index in [1.165, 1.54) is 18.1 Å². The minimum absolute atomic E-state index is 0.134. The Morgan fingerprint density at radius 3 is 3.08 bits per heavy atom. The van der Waals surface area contributed by atoms with Crippen molar-refractivity contribution in [2.24, 2.45) is 0 Å². The van der Waals surface area contributed by atoms with Crippen molar-refractivity contribution in [1.82, 2.24) is 19.9 Å². The van der Waals surface area contributed by atoms with E-state index in [0.717, 1.165) is 5.52 Å². The molecule has 4 rings (SSSR count). The molecule has 0 saturated heterocycles. The molecule has 1 aliphatic heterocycles. The van der Waals surface area contributed by atoms with Crippen molar-refractivity contribution < 1.29 is 14.3 Å². The number of nitrogens with zero attached hydrogens (tertiary/aromatic N) is 3. The van der Waals surface area contributed by atoms with Gasteiger partial charge in [-0.1, -0.05) is 11.8 Å². The molecule has 0 radical (unpaired) electrons. The van der Waals surface area contributed by atoms with Crippen molar-refractivity contribution in [3.05, 3.63) is 30.9 Å². The molecular formula is C15H13N5O3S. The highest BCUT2D eigenvalue weighted by Crippen LogP contribution is 2.34. The summed E-state index contributed by atoms with van der Waals surface area (Å²) < 4.78 is 10.6. The summed E-state index contributed by atoms with van der Waals surface area (Å²) in [5, 5.41) is 3.20. The highest BCUT2D eigenvalue weighted by molar-refractivity contribution is 8.00. The van der Waals surface area contributed by atoms with Crippen LogP contribution < -0.4 is 14.8 Å². The molecule has 1 amide bonds. The Morgan fingerprint density at radius 1 is 1.29 bits per heavy atom. The summed E-state index contributed by atoms with van der Waals surface area (Å²) in [6, 6.07) is 5.30. The molecule has 0 bridgehead atoms. The van der Waals surface area contributed by atoms with Gasteiger partial charge in [-0.25, -0.2) is 15.0 Å². The van der Waals surface area contributed by atoms with E-state index in [-0.39, 0.29) is 18.0 Å². The predicted molar refractivity (Wildman–Crippen MR) is 88.2 cm³/mol. The fraction of sp³-hybridized carbons (Fsp3) is 0.200. The zero-order chi connectivity index (χ0) is 16.5. The lowest BCUT2D eigenvalue weighted by Crippen LogP contribution is -2.22. The lowest BCUT2D eigenvalue weighted by molar-refractivity contribution is -0.115. The van der Waals surface area contributed by atoms with Gasteiger partial charge in [0.1, 0.15) is 16.9 Å². The van der Waals surface area contributed by atoms with E-state index in [2.05, 4.69) is 25.3 Å². The Balaban J connectivity index is 1.47. The number of ether oxygens (including phenoxy) is 2. The molecule has 0 saturated carbocycles. The molecule has 9 heteroatoms. The van der Waals surface area contributed by atoms with Crippen LogP contribution in [0, 0.1) is 0 Å². The Morgan fingerprint density at radius 2 is 2.17 bits per heavy atom. The Kier molecular flexibility index (Phi) is 3.69. The zero-order valence-electron chi connectivity index (χ0n) is 12.6. The van der Waals surface area contributed by atoms with Crippen LogP contribution in [0.2, 0.25) is 0 Å². The van der Waals surface area contributed by atoms with Crippen LogP contribution in [0.25, 0.3) is 11.2 Å². The van der Waals surface area contributed by atoms with Crippen LogP contribution in [-0.4, -0.2) is 37.9 Å². The molecule has 0 spiro atoms. The normalized spacial score (nSPS) is 13.9. The number of nitrogens with one attached hydrogen (secondary N) is 2. The summed E-state index contributed by atoms with van der Waals surface area (Å²) in [5.41, 5.74) is 1.96. The first kappa shape index (κ1) is 14.8. The molecule has 2 N–H and O–H groups in total. The number of thioether (sulfide) groups is 1. The van der Waals surface area contributed by atoms with Gasteiger partial charge in [-0.3, -0.25) is 4.79 Å². The molecule has 3 heterocycles. The minimum Gasteiger partial charge on any atom is -0.454 e. The number of amides is 1. The lowest BCUT2D eigenvalue weighted by atomic mass is 10.2. The topological polar surface area (TPSA) is 102 Å². The van der Waals surface area contributed by atoms with E-state index in [1.54, 1.807) is 24.5 Å². The molecule has 24 heavy (non-hydrogen) atoms. The van der Waals surface area contributed by atoms with Crippen molar-refractivity contribution in [3.63, 3.8) is 0 Å². The quantitative estimate of drug-likeness (QED) is 0.553. The second kappa shape index (κ2) is 6.00. The Labute approximate surface area is 141 Å². The van der Waals surface area contributed by atoms with Gasteiger partial charge in [0, 0.05) is 11.8 Å². The van der Waals surface area contributed by atoms with Crippen LogP contribution in [-0.2, 0) is 4.79 Å². The molecule has 0 fully saturated rings. The summed E-state index contributed by atoms with van der Waals surface area (Å²) >= 11 is 1.34. The SMILES string of the molecule is C[C@H](Sc1ncnc2nc[nH]c12)C(=O)Nc1ccc2c(c1)OCO2. The van der Waals surface area contributed by atoms with Crippen LogP contribution in [0.15, 0.2) is 35.9 Å². The zero-order valence-corrected chi connectivity index (χ0v) is 13.5. The van der Waals surface area contributed by atoms with Gasteiger partial charge >= 0.3 is 0 Å². The standard InChI is InChI=1S/C15H13N5O3S/c1-8(24-15-12-13(17-5-16-12)18-6-19-15)14(21)20-9-2-3-10-11(4-9)23-7-22-10/h2-6,8H,7H2,1H3,(H,20,21)(H,16,17,18,19)/t8-/m0/s1. The lowest BCUT2D eigenvalue weighted by Gasteiger charge is -2.12. The number of carbonyl (C=O) groups is 1. The third-order valence-corrected chi connectivity index (χ3v) is 4.59. The van der Waals surface area contributed by atoms with Gasteiger partial charge < -0.3 is 19.8 Å². The van der Waals surface area contributed by atoms with Gasteiger partial charge in [-0.2, -0.15) is 0 Å². The number of anilines is 1. The van der Waals surface area contributed by atoms with E-state index in [4.69, 9.17) is 9.47 Å². The number of H-pyrrole nitrogens is 1. The number of carbonyl (C=O) groups excluding carboxylic acids is 1. The number of hydrogen-bond acceptors (Lipinski definition) is 7. The number of benzene rings is 1. The average molecular weight is 343 g/mol. The van der Waals surface area contributed by atoms with Gasteiger partial charge in [0.25, 0.3) is 0 Å². The molecule has 1 aliphatic rings. The fourth-order valence-corrected chi connectivity index (χ4v) is 3.15. The maximum Gasteiger partial charge on any atom is 0.237 e. The van der Waals surface area contributed by atoms with Crippen LogP contribution in [0.1, 0.15) is 6.92 Å². The van der Waals surface area contributed by atoms with Crippen LogP contribution >= 0.6 is 11.8 Å². The van der Waals surface area contributed by atoms with Crippen molar-refractivity contribution in [2.75, 3.05) is 12.1 Å². The number of imidazole rings is 1. The first-order valence-corrected chi connectivity index (χ1v) is 8.10. The number of rotatable bonds is 4. The largest absolute Gasteiger partial charge is 0.454 e. The number of hydrogen-bond donors (Lipinski definition) is 2. The summed E-state index contributed by atoms with van der Waals surface area (Å²) in [4.78, 5) is 27.8. The van der Waals surface area contributed by atoms with Crippen molar-refractivity contribution >= 4 is 34.5 Å². The third-order valence-electron chi connectivity index (χ3n) is 3.49. The minimum atomic E-state index is -0.350. The average Bonchev–Trinajstić information content (AvgIpc) is 3.23. The van der Waals surface area contributed by atoms with Crippen LogP contribution in [0.3, 0.4) is 0 Å². The third kappa shape index (κ3) is 2.73. The van der Waals surface area contributed by atoms with E-state index in [1.807, 2.05) is 6.92 Å². The highest BCUT2D eigenvalue weighted by atomic mass is 32.2. The smallest absolute Gasteiger partial charge is 0.237 e. The Hall–Kier alpha value is -2.81. The molecule has 8 nitrogen and oxygen atoms in total. The van der Waals surface area contributed by atoms with Crippen LogP contribution in [0.4, 0.5) is 5.69 Å². The van der Waals surface area contributed by atoms with E-state index in [9.17, 15) is 4.79 Å². The van der Waals surface area contributed by atoms with Gasteiger partial charge in [-0.05, 0) is 19.1 Å². The molecular weight excluding hydrogens is 330 g/mol. The van der Waals surface area contributed by atoms with Gasteiger partial charge in [0.05, 0.1) is 11.6 Å². The van der Waals surface area contributed by atoms with Gasteiger partial charge in [0.2, 0.25) is 12.7 Å². The summed E-state index contributed by atoms with van der Waals surface area (Å²) in [6.45, 7) is 2.02. The molecule has 1 atom stereocenters. The second-order valence-electron chi connectivity index (χ2n) is 5.10. The molecule has 0 unspecified atom stereocenters. The fourth-order valence-electron chi connectivity index (χ4n) is 2.27. The van der Waals surface area contributed by atoms with Gasteiger partial charge in [0.15, 0.2) is 17.1 Å². The maximum absolute atomic E-state index is 12.4. The van der Waals surface area contributed by atoms with E-state index in [0.29, 0.717) is 27.9 Å². The summed E-state index contributed by atoms with van der Waals surface area (Å²) in [5.74, 6) is 1.17. The van der Waals surface area contributed by atoms with E-state index >= 15 is 0 Å². The van der Waals surface area contributed by atoms with Crippen molar-refractivity contribution in [2.45, 2.75) is 17.2 Å². The first-order chi connectivity index (χ1) is 11.7. The molecule has 2 aromatic heterocycles. The predicted octanol–water partition coefficient (Wildman–Crippen LogP) is 2.20. The number of aromatic amines is 1. The molecule has 1 aromatic carbocycles. The molecule has 122 valence electrons. The first-order valence-electron chi connectivity index (χ1n) is 7.22. The summed E-state index contributed by atoms with van der Waals surface area (Å²) in [7, 11) is 0. The molecule has 0 aliphatic carbocycles. The molecule has 3 aromatic rings. The number of fused-ring (bicyclic) bond motifs is 2. The maximum atomic E-state index is 12.4.